The van der Waals surface area contributed by atoms with Crippen molar-refractivity contribution in [2.45, 2.75) is 59.3 Å². The van der Waals surface area contributed by atoms with Gasteiger partial charge in [0.1, 0.15) is 0 Å². The van der Waals surface area contributed by atoms with Gasteiger partial charge in [-0.2, -0.15) is 0 Å². The molecule has 45 heavy (non-hydrogen) atoms. The average molecular weight is 601 g/mol. The summed E-state index contributed by atoms with van der Waals surface area (Å²) in [7, 11) is 0. The summed E-state index contributed by atoms with van der Waals surface area (Å²) in [5.41, 5.74) is 16.1. The van der Waals surface area contributed by atoms with Crippen molar-refractivity contribution in [1.82, 2.24) is 4.57 Å². The highest BCUT2D eigenvalue weighted by Gasteiger charge is 2.43. The lowest BCUT2D eigenvalue weighted by Crippen LogP contribution is -2.60. The molecule has 0 fully saturated rings. The molecule has 2 aliphatic rings. The molecule has 9 rings (SSSR count). The van der Waals surface area contributed by atoms with Crippen LogP contribution in [0.25, 0.3) is 36.9 Å². The summed E-state index contributed by atoms with van der Waals surface area (Å²) < 4.78 is 5.35. The summed E-state index contributed by atoms with van der Waals surface area (Å²) >= 11 is 1.93. The number of fused-ring (bicyclic) bond motifs is 9. The Kier molecular flexibility index (Phi) is 5.37. The largest absolute Gasteiger partial charge is 0.311 e. The highest BCUT2D eigenvalue weighted by Crippen LogP contribution is 2.46. The van der Waals surface area contributed by atoms with E-state index in [0.29, 0.717) is 0 Å². The molecule has 220 valence electrons. The second kappa shape index (κ2) is 8.92. The molecule has 4 heteroatoms. The van der Waals surface area contributed by atoms with Gasteiger partial charge in [0.15, 0.2) is 0 Å². The van der Waals surface area contributed by atoms with Gasteiger partial charge >= 0.3 is 0 Å². The van der Waals surface area contributed by atoms with E-state index in [-0.39, 0.29) is 17.5 Å². The van der Waals surface area contributed by atoms with Crippen LogP contribution in [0.1, 0.15) is 58.2 Å². The summed E-state index contributed by atoms with van der Waals surface area (Å²) in [5, 5.41) is 2.71. The fraction of sp³-hybridized carbons (Fsp3) is 0.220. The first-order valence-corrected chi connectivity index (χ1v) is 17.0. The smallest absolute Gasteiger partial charge is 0.252 e. The van der Waals surface area contributed by atoms with Crippen molar-refractivity contribution in [2.24, 2.45) is 0 Å². The van der Waals surface area contributed by atoms with Gasteiger partial charge in [-0.15, -0.1) is 11.3 Å². The number of rotatable bonds is 1. The van der Waals surface area contributed by atoms with Gasteiger partial charge in [0.2, 0.25) is 0 Å². The molecule has 2 aliphatic heterocycles. The number of hydrogen-bond acceptors (Lipinski definition) is 2. The van der Waals surface area contributed by atoms with E-state index >= 15 is 0 Å². The van der Waals surface area contributed by atoms with E-state index in [2.05, 4.69) is 155 Å². The first-order valence-electron chi connectivity index (χ1n) is 16.2. The minimum Gasteiger partial charge on any atom is -0.311 e. The molecule has 0 aliphatic carbocycles. The predicted octanol–water partition coefficient (Wildman–Crippen LogP) is 9.51. The van der Waals surface area contributed by atoms with Crippen molar-refractivity contribution in [3.63, 3.8) is 0 Å². The van der Waals surface area contributed by atoms with Crippen LogP contribution in [0.2, 0.25) is 0 Å². The highest BCUT2D eigenvalue weighted by molar-refractivity contribution is 7.26. The second-order valence-electron chi connectivity index (χ2n) is 15.2. The molecule has 0 radical (unpaired) electrons. The van der Waals surface area contributed by atoms with Crippen molar-refractivity contribution in [1.29, 1.82) is 0 Å². The Hall–Kier alpha value is -4.28. The molecular formula is C41H37BN2S. The van der Waals surface area contributed by atoms with Crippen LogP contribution in [0.3, 0.4) is 0 Å². The molecule has 7 aromatic rings. The van der Waals surface area contributed by atoms with Crippen LogP contribution in [-0.2, 0) is 10.8 Å². The number of nitrogens with zero attached hydrogens (tertiary/aromatic N) is 2. The number of benzene rings is 5. The molecule has 0 saturated heterocycles. The molecule has 0 bridgehead atoms. The monoisotopic (exact) mass is 600 g/mol. The van der Waals surface area contributed by atoms with Gasteiger partial charge in [-0.1, -0.05) is 102 Å². The summed E-state index contributed by atoms with van der Waals surface area (Å²) in [5.74, 6) is 0. The first kappa shape index (κ1) is 27.1. The number of aromatic nitrogens is 1. The van der Waals surface area contributed by atoms with E-state index in [1.165, 1.54) is 87.0 Å². The van der Waals surface area contributed by atoms with E-state index in [0.717, 1.165) is 0 Å². The van der Waals surface area contributed by atoms with Crippen LogP contribution in [0, 0.1) is 6.92 Å². The third-order valence-electron chi connectivity index (χ3n) is 10.1. The van der Waals surface area contributed by atoms with Crippen LogP contribution in [0.4, 0.5) is 17.1 Å². The number of anilines is 3. The lowest BCUT2D eigenvalue weighted by Gasteiger charge is -2.41. The quantitative estimate of drug-likeness (QED) is 0.170. The van der Waals surface area contributed by atoms with Gasteiger partial charge in [-0.05, 0) is 87.2 Å². The molecule has 2 aromatic heterocycles. The maximum absolute atomic E-state index is 2.61. The van der Waals surface area contributed by atoms with E-state index < -0.39 is 0 Å². The Morgan fingerprint density at radius 3 is 2.11 bits per heavy atom. The lowest BCUT2D eigenvalue weighted by atomic mass is 9.33. The molecule has 0 amide bonds. The maximum atomic E-state index is 2.61. The van der Waals surface area contributed by atoms with Crippen molar-refractivity contribution < 1.29 is 0 Å². The summed E-state index contributed by atoms with van der Waals surface area (Å²) in [4.78, 5) is 2.57. The number of thiophene rings is 1. The SMILES string of the molecule is Cc1cc2c3c(c1)-n1c4c(cccc4c4sc5ccccc5c41)B3c1ccc(C(C)(C)C)cc1N2c1cccc(C(C)(C)C)c1. The summed E-state index contributed by atoms with van der Waals surface area (Å²) in [6, 6.07) is 37.3. The Bertz CT molecular complexity index is 2380. The lowest BCUT2D eigenvalue weighted by molar-refractivity contribution is 0.590. The second-order valence-corrected chi connectivity index (χ2v) is 16.2. The first-order chi connectivity index (χ1) is 21.5. The van der Waals surface area contributed by atoms with Gasteiger partial charge in [-0.3, -0.25) is 0 Å². The van der Waals surface area contributed by atoms with Crippen LogP contribution < -0.4 is 21.3 Å². The minimum atomic E-state index is 0.0404. The number of aryl methyl sites for hydroxylation is 1. The summed E-state index contributed by atoms with van der Waals surface area (Å²) in [6.07, 6.45) is 0. The van der Waals surface area contributed by atoms with E-state index in [9.17, 15) is 0 Å². The topological polar surface area (TPSA) is 8.17 Å². The molecule has 0 atom stereocenters. The predicted molar refractivity (Wildman–Crippen MR) is 198 cm³/mol. The minimum absolute atomic E-state index is 0.0404. The Balaban J connectivity index is 1.45. The average Bonchev–Trinajstić information content (AvgIpc) is 3.53. The molecule has 0 unspecified atom stereocenters. The van der Waals surface area contributed by atoms with Gasteiger partial charge in [0.05, 0.1) is 15.7 Å². The van der Waals surface area contributed by atoms with Crippen LogP contribution in [0.15, 0.2) is 97.1 Å². The molecule has 0 N–H and O–H groups in total. The van der Waals surface area contributed by atoms with Crippen molar-refractivity contribution >= 4 is 82.7 Å². The number of para-hydroxylation sites is 1. The van der Waals surface area contributed by atoms with Crippen LogP contribution >= 0.6 is 11.3 Å². The molecule has 2 nitrogen and oxygen atoms in total. The van der Waals surface area contributed by atoms with E-state index in [1.807, 2.05) is 11.3 Å². The Labute approximate surface area is 270 Å². The fourth-order valence-electron chi connectivity index (χ4n) is 7.89. The molecule has 4 heterocycles. The fourth-order valence-corrected chi connectivity index (χ4v) is 9.10. The standard InChI is InChI=1S/C41H37BN2S/c1-24-20-33-36-34(21-24)44-37-29(39-38(44)28-14-8-9-17-35(28)45-39)15-11-16-31(37)42(36)30-19-18-26(41(5,6)7)23-32(30)43(33)27-13-10-12-25(22-27)40(2,3)4/h8-23H,1-7H3. The molecule has 5 aromatic carbocycles. The molecular weight excluding hydrogens is 563 g/mol. The zero-order valence-electron chi connectivity index (χ0n) is 27.1. The van der Waals surface area contributed by atoms with Gasteiger partial charge < -0.3 is 9.47 Å². The van der Waals surface area contributed by atoms with Crippen LogP contribution in [-0.4, -0.2) is 11.3 Å². The van der Waals surface area contributed by atoms with Crippen LogP contribution in [0.5, 0.6) is 0 Å². The third-order valence-corrected chi connectivity index (χ3v) is 11.3. The third kappa shape index (κ3) is 3.69. The summed E-state index contributed by atoms with van der Waals surface area (Å²) in [6.45, 7) is 16.3. The Morgan fingerprint density at radius 1 is 0.600 bits per heavy atom. The molecule has 0 spiro atoms. The van der Waals surface area contributed by atoms with Crippen molar-refractivity contribution in [2.75, 3.05) is 4.90 Å². The maximum Gasteiger partial charge on any atom is 0.252 e. The van der Waals surface area contributed by atoms with Gasteiger partial charge in [-0.25, -0.2) is 0 Å². The van der Waals surface area contributed by atoms with E-state index in [4.69, 9.17) is 0 Å². The Morgan fingerprint density at radius 2 is 1.31 bits per heavy atom. The van der Waals surface area contributed by atoms with Gasteiger partial charge in [0.25, 0.3) is 6.71 Å². The number of hydrogen-bond donors (Lipinski definition) is 0. The van der Waals surface area contributed by atoms with Gasteiger partial charge in [0, 0.05) is 38.2 Å². The van der Waals surface area contributed by atoms with Crippen molar-refractivity contribution in [3.8, 4) is 5.69 Å². The zero-order valence-corrected chi connectivity index (χ0v) is 27.9. The highest BCUT2D eigenvalue weighted by atomic mass is 32.1. The van der Waals surface area contributed by atoms with E-state index in [1.54, 1.807) is 0 Å². The normalized spacial score (nSPS) is 14.0. The molecule has 0 saturated carbocycles. The van der Waals surface area contributed by atoms with Crippen molar-refractivity contribution in [3.05, 3.63) is 114 Å². The zero-order chi connectivity index (χ0) is 31.0.